The smallest absolute Gasteiger partial charge is 0.122 e. The molecule has 0 radical (unpaired) electrons. The van der Waals surface area contributed by atoms with Gasteiger partial charge in [-0.1, -0.05) is 42.5 Å². The minimum atomic E-state index is -0.494. The molecule has 15 heavy (non-hydrogen) atoms. The van der Waals surface area contributed by atoms with Crippen molar-refractivity contribution >= 4 is 6.08 Å². The van der Waals surface area contributed by atoms with E-state index in [1.165, 1.54) is 0 Å². The summed E-state index contributed by atoms with van der Waals surface area (Å²) < 4.78 is 0. The highest BCUT2D eigenvalue weighted by molar-refractivity contribution is 5.64. The highest BCUT2D eigenvalue weighted by Crippen LogP contribution is 2.21. The molecular formula is C13H12O2. The van der Waals surface area contributed by atoms with E-state index in [0.717, 1.165) is 11.1 Å². The predicted octanol–water partition coefficient (Wildman–Crippen LogP) is 2.26. The Labute approximate surface area is 88.5 Å². The zero-order valence-electron chi connectivity index (χ0n) is 8.17. The third kappa shape index (κ3) is 2.36. The van der Waals surface area contributed by atoms with Crippen LogP contribution >= 0.6 is 0 Å². The number of rotatable bonds is 1. The fraction of sp³-hybridized carbons (Fsp3) is 0.0769. The monoisotopic (exact) mass is 200 g/mol. The molecule has 2 rings (SSSR count). The molecule has 0 spiro atoms. The molecule has 1 aromatic rings. The molecule has 1 aromatic carbocycles. The second kappa shape index (κ2) is 4.15. The van der Waals surface area contributed by atoms with E-state index in [2.05, 4.69) is 0 Å². The van der Waals surface area contributed by atoms with Crippen molar-refractivity contribution in [2.75, 3.05) is 0 Å². The summed E-state index contributed by atoms with van der Waals surface area (Å²) in [5, 5.41) is 18.7. The van der Waals surface area contributed by atoms with Crippen molar-refractivity contribution in [2.45, 2.75) is 6.10 Å². The van der Waals surface area contributed by atoms with E-state index < -0.39 is 6.10 Å². The standard InChI is InChI=1S/C13H12O2/c14-12-7-5-10(6-8-12)9-11-3-1-2-4-13(11)15/h1-9,12,14-15H. The van der Waals surface area contributed by atoms with Crippen molar-refractivity contribution in [3.8, 4) is 5.75 Å². The van der Waals surface area contributed by atoms with Crippen LogP contribution < -0.4 is 0 Å². The first-order valence-corrected chi connectivity index (χ1v) is 4.80. The molecule has 0 aromatic heterocycles. The molecule has 0 fully saturated rings. The van der Waals surface area contributed by atoms with Crippen molar-refractivity contribution in [3.05, 3.63) is 59.7 Å². The van der Waals surface area contributed by atoms with E-state index in [0.29, 0.717) is 0 Å². The lowest BCUT2D eigenvalue weighted by Gasteiger charge is -2.06. The van der Waals surface area contributed by atoms with Crippen LogP contribution in [0.25, 0.3) is 6.08 Å². The van der Waals surface area contributed by atoms with E-state index in [1.54, 1.807) is 24.3 Å². The number of phenolic OH excluding ortho intramolecular Hbond substituents is 1. The van der Waals surface area contributed by atoms with E-state index in [1.807, 2.05) is 30.4 Å². The molecule has 0 saturated carbocycles. The lowest BCUT2D eigenvalue weighted by atomic mass is 10.0. The summed E-state index contributed by atoms with van der Waals surface area (Å²) in [5.74, 6) is 0.262. The van der Waals surface area contributed by atoms with Gasteiger partial charge in [-0.05, 0) is 17.7 Å². The molecule has 1 aliphatic rings. The molecule has 76 valence electrons. The average molecular weight is 200 g/mol. The number of benzene rings is 1. The number of hydrogen-bond acceptors (Lipinski definition) is 2. The van der Waals surface area contributed by atoms with E-state index in [9.17, 15) is 10.2 Å². The van der Waals surface area contributed by atoms with Crippen molar-refractivity contribution in [3.63, 3.8) is 0 Å². The third-order valence-corrected chi connectivity index (χ3v) is 2.23. The van der Waals surface area contributed by atoms with Gasteiger partial charge in [0, 0.05) is 5.56 Å². The molecule has 2 nitrogen and oxygen atoms in total. The highest BCUT2D eigenvalue weighted by atomic mass is 16.3. The second-order valence-corrected chi connectivity index (χ2v) is 3.41. The van der Waals surface area contributed by atoms with Crippen LogP contribution in [0, 0.1) is 0 Å². The average Bonchev–Trinajstić information content (AvgIpc) is 2.25. The normalized spacial score (nSPS) is 19.3. The Balaban J connectivity index is 2.28. The fourth-order valence-electron chi connectivity index (χ4n) is 1.42. The van der Waals surface area contributed by atoms with Crippen LogP contribution in [0.4, 0.5) is 0 Å². The topological polar surface area (TPSA) is 40.5 Å². The third-order valence-electron chi connectivity index (χ3n) is 2.23. The van der Waals surface area contributed by atoms with Crippen LogP contribution in [0.5, 0.6) is 5.75 Å². The van der Waals surface area contributed by atoms with Gasteiger partial charge in [-0.3, -0.25) is 0 Å². The maximum Gasteiger partial charge on any atom is 0.122 e. The van der Waals surface area contributed by atoms with E-state index >= 15 is 0 Å². The van der Waals surface area contributed by atoms with Crippen LogP contribution in [-0.2, 0) is 0 Å². The van der Waals surface area contributed by atoms with Gasteiger partial charge in [-0.2, -0.15) is 0 Å². The van der Waals surface area contributed by atoms with Gasteiger partial charge in [-0.15, -0.1) is 0 Å². The molecule has 0 bridgehead atoms. The Morgan fingerprint density at radius 3 is 2.40 bits per heavy atom. The molecule has 0 aliphatic heterocycles. The first-order valence-electron chi connectivity index (χ1n) is 4.80. The van der Waals surface area contributed by atoms with Crippen molar-refractivity contribution in [1.29, 1.82) is 0 Å². The van der Waals surface area contributed by atoms with Crippen LogP contribution in [-0.4, -0.2) is 16.3 Å². The lowest BCUT2D eigenvalue weighted by molar-refractivity contribution is 0.270. The van der Waals surface area contributed by atoms with Crippen molar-refractivity contribution in [2.24, 2.45) is 0 Å². The number of allylic oxidation sites excluding steroid dienone is 3. The van der Waals surface area contributed by atoms with E-state index in [4.69, 9.17) is 0 Å². The second-order valence-electron chi connectivity index (χ2n) is 3.41. The highest BCUT2D eigenvalue weighted by Gasteiger charge is 2.01. The number of hydrogen-bond donors (Lipinski definition) is 2. The van der Waals surface area contributed by atoms with Gasteiger partial charge in [0.15, 0.2) is 0 Å². The summed E-state index contributed by atoms with van der Waals surface area (Å²) in [7, 11) is 0. The maximum absolute atomic E-state index is 9.55. The Morgan fingerprint density at radius 1 is 1.07 bits per heavy atom. The minimum Gasteiger partial charge on any atom is -0.507 e. The molecule has 0 saturated heterocycles. The minimum absolute atomic E-state index is 0.262. The quantitative estimate of drug-likeness (QED) is 0.730. The van der Waals surface area contributed by atoms with Gasteiger partial charge in [0.2, 0.25) is 0 Å². The first kappa shape index (κ1) is 9.74. The Kier molecular flexibility index (Phi) is 2.70. The molecule has 1 aliphatic carbocycles. The molecule has 0 amide bonds. The van der Waals surface area contributed by atoms with Crippen molar-refractivity contribution in [1.82, 2.24) is 0 Å². The number of aromatic hydroxyl groups is 1. The molecule has 2 heteroatoms. The Hall–Kier alpha value is -1.80. The van der Waals surface area contributed by atoms with Gasteiger partial charge >= 0.3 is 0 Å². The predicted molar refractivity (Wildman–Crippen MR) is 60.4 cm³/mol. The van der Waals surface area contributed by atoms with Gasteiger partial charge in [0.05, 0.1) is 6.10 Å². The molecule has 0 atom stereocenters. The molecule has 0 unspecified atom stereocenters. The summed E-state index contributed by atoms with van der Waals surface area (Å²) in [6.45, 7) is 0. The summed E-state index contributed by atoms with van der Waals surface area (Å²) in [6, 6.07) is 7.15. The SMILES string of the molecule is Oc1ccccc1C=C1C=CC(O)C=C1. The summed E-state index contributed by atoms with van der Waals surface area (Å²) in [6.07, 6.45) is 8.44. The van der Waals surface area contributed by atoms with E-state index in [-0.39, 0.29) is 5.75 Å². The van der Waals surface area contributed by atoms with Crippen LogP contribution in [0.3, 0.4) is 0 Å². The zero-order chi connectivity index (χ0) is 10.7. The van der Waals surface area contributed by atoms with Gasteiger partial charge in [0.1, 0.15) is 5.75 Å². The Morgan fingerprint density at radius 2 is 1.73 bits per heavy atom. The van der Waals surface area contributed by atoms with Gasteiger partial charge in [-0.25, -0.2) is 0 Å². The summed E-state index contributed by atoms with van der Waals surface area (Å²) in [5.41, 5.74) is 1.74. The van der Waals surface area contributed by atoms with Gasteiger partial charge < -0.3 is 10.2 Å². The molecule has 0 heterocycles. The largest absolute Gasteiger partial charge is 0.507 e. The zero-order valence-corrected chi connectivity index (χ0v) is 8.17. The number of aliphatic hydroxyl groups is 1. The molecular weight excluding hydrogens is 188 g/mol. The summed E-state index contributed by atoms with van der Waals surface area (Å²) in [4.78, 5) is 0. The summed E-state index contributed by atoms with van der Waals surface area (Å²) >= 11 is 0. The van der Waals surface area contributed by atoms with Crippen LogP contribution in [0.2, 0.25) is 0 Å². The number of para-hydroxylation sites is 1. The lowest BCUT2D eigenvalue weighted by Crippen LogP contribution is -1.99. The van der Waals surface area contributed by atoms with Crippen molar-refractivity contribution < 1.29 is 10.2 Å². The maximum atomic E-state index is 9.55. The Bertz CT molecular complexity index is 426. The molecule has 2 N–H and O–H groups in total. The van der Waals surface area contributed by atoms with Crippen LogP contribution in [0.15, 0.2) is 54.1 Å². The number of aliphatic hydroxyl groups excluding tert-OH is 1. The van der Waals surface area contributed by atoms with Crippen LogP contribution in [0.1, 0.15) is 5.56 Å². The number of phenols is 1. The first-order chi connectivity index (χ1) is 7.25. The fourth-order valence-corrected chi connectivity index (χ4v) is 1.42. The van der Waals surface area contributed by atoms with Gasteiger partial charge in [0.25, 0.3) is 0 Å².